The predicted octanol–water partition coefficient (Wildman–Crippen LogP) is 2.20. The summed E-state index contributed by atoms with van der Waals surface area (Å²) in [4.78, 5) is 0. The smallest absolute Gasteiger partial charge is 0.209 e. The van der Waals surface area contributed by atoms with Gasteiger partial charge in [-0.25, -0.2) is 9.07 Å². The number of nitrogens with zero attached hydrogens (tertiary/aromatic N) is 4. The summed E-state index contributed by atoms with van der Waals surface area (Å²) in [6.07, 6.45) is 0. The second-order valence-corrected chi connectivity index (χ2v) is 4.70. The lowest BCUT2D eigenvalue weighted by molar-refractivity contribution is 0.627. The molecule has 0 N–H and O–H groups in total. The van der Waals surface area contributed by atoms with Crippen LogP contribution >= 0.6 is 11.8 Å². The van der Waals surface area contributed by atoms with Crippen LogP contribution in [0.5, 0.6) is 0 Å². The van der Waals surface area contributed by atoms with Crippen molar-refractivity contribution in [3.05, 3.63) is 35.6 Å². The van der Waals surface area contributed by atoms with Crippen LogP contribution in [0, 0.1) is 5.82 Å². The van der Waals surface area contributed by atoms with E-state index >= 15 is 0 Å². The summed E-state index contributed by atoms with van der Waals surface area (Å²) in [5.74, 6) is -0.221. The average molecular weight is 238 g/mol. The van der Waals surface area contributed by atoms with Crippen molar-refractivity contribution in [2.45, 2.75) is 17.3 Å². The zero-order valence-corrected chi connectivity index (χ0v) is 9.78. The number of aromatic nitrogens is 4. The molecule has 0 unspecified atom stereocenters. The van der Waals surface area contributed by atoms with Gasteiger partial charge in [-0.1, -0.05) is 23.9 Å². The number of rotatable bonds is 3. The van der Waals surface area contributed by atoms with Gasteiger partial charge in [-0.15, -0.1) is 5.10 Å². The first-order chi connectivity index (χ1) is 7.66. The van der Waals surface area contributed by atoms with Gasteiger partial charge in [0.05, 0.1) is 0 Å². The molecule has 6 heteroatoms. The molecule has 1 aromatic carbocycles. The van der Waals surface area contributed by atoms with Crippen molar-refractivity contribution >= 4 is 11.8 Å². The number of hydrogen-bond acceptors (Lipinski definition) is 4. The molecule has 0 aliphatic rings. The molecule has 0 bridgehead atoms. The van der Waals surface area contributed by atoms with E-state index in [1.807, 2.05) is 6.92 Å². The Morgan fingerprint density at radius 3 is 2.56 bits per heavy atom. The van der Waals surface area contributed by atoms with Crippen molar-refractivity contribution in [2.75, 3.05) is 0 Å². The summed E-state index contributed by atoms with van der Waals surface area (Å²) in [6, 6.07) is 6.47. The monoisotopic (exact) mass is 238 g/mol. The van der Waals surface area contributed by atoms with Crippen LogP contribution in [0.15, 0.2) is 29.4 Å². The summed E-state index contributed by atoms with van der Waals surface area (Å²) < 4.78 is 14.4. The third-order valence-corrected chi connectivity index (χ3v) is 3.39. The van der Waals surface area contributed by atoms with Gasteiger partial charge in [0.15, 0.2) is 0 Å². The van der Waals surface area contributed by atoms with Crippen LogP contribution in [0.4, 0.5) is 4.39 Å². The number of halogens is 1. The lowest BCUT2D eigenvalue weighted by Crippen LogP contribution is -1.96. The lowest BCUT2D eigenvalue weighted by atomic mass is 10.2. The first-order valence-electron chi connectivity index (χ1n) is 4.81. The highest BCUT2D eigenvalue weighted by molar-refractivity contribution is 7.99. The van der Waals surface area contributed by atoms with Gasteiger partial charge in [0, 0.05) is 12.3 Å². The standard InChI is InChI=1S/C10H11FN4S/c1-7(8-3-5-9(11)6-4-8)16-10-12-13-14-15(10)2/h3-7H,1-2H3/t7-/m0/s1. The molecule has 1 heterocycles. The van der Waals surface area contributed by atoms with E-state index in [4.69, 9.17) is 0 Å². The average Bonchev–Trinajstić information content (AvgIpc) is 2.65. The minimum Gasteiger partial charge on any atom is -0.224 e. The molecule has 0 saturated carbocycles. The third-order valence-electron chi connectivity index (χ3n) is 2.20. The van der Waals surface area contributed by atoms with E-state index in [-0.39, 0.29) is 11.1 Å². The van der Waals surface area contributed by atoms with Crippen molar-refractivity contribution in [1.82, 2.24) is 20.2 Å². The van der Waals surface area contributed by atoms with Crippen LogP contribution in [0.25, 0.3) is 0 Å². The number of hydrogen-bond donors (Lipinski definition) is 0. The summed E-state index contributed by atoms with van der Waals surface area (Å²) in [6.45, 7) is 2.03. The van der Waals surface area contributed by atoms with Crippen molar-refractivity contribution in [2.24, 2.45) is 7.05 Å². The Balaban J connectivity index is 2.11. The fourth-order valence-corrected chi connectivity index (χ4v) is 2.16. The SMILES string of the molecule is C[C@H](Sc1nnnn1C)c1ccc(F)cc1. The molecule has 0 aliphatic carbocycles. The highest BCUT2D eigenvalue weighted by Gasteiger charge is 2.11. The Kier molecular flexibility index (Phi) is 3.19. The molecule has 1 aromatic heterocycles. The Morgan fingerprint density at radius 1 is 1.31 bits per heavy atom. The molecule has 84 valence electrons. The molecule has 1 atom stereocenters. The molecule has 0 radical (unpaired) electrons. The van der Waals surface area contributed by atoms with Crippen molar-refractivity contribution in [3.63, 3.8) is 0 Å². The molecular formula is C10H11FN4S. The van der Waals surface area contributed by atoms with E-state index in [1.165, 1.54) is 12.1 Å². The Morgan fingerprint density at radius 2 is 2.00 bits per heavy atom. The van der Waals surface area contributed by atoms with Gasteiger partial charge < -0.3 is 0 Å². The lowest BCUT2D eigenvalue weighted by Gasteiger charge is -2.09. The second kappa shape index (κ2) is 4.61. The van der Waals surface area contributed by atoms with Gasteiger partial charge in [0.25, 0.3) is 0 Å². The van der Waals surface area contributed by atoms with Crippen molar-refractivity contribution in [1.29, 1.82) is 0 Å². The third kappa shape index (κ3) is 2.38. The molecule has 0 amide bonds. The van der Waals surface area contributed by atoms with E-state index in [9.17, 15) is 4.39 Å². The summed E-state index contributed by atoms with van der Waals surface area (Å²) in [7, 11) is 1.79. The highest BCUT2D eigenvalue weighted by Crippen LogP contribution is 2.32. The predicted molar refractivity (Wildman–Crippen MR) is 59.5 cm³/mol. The molecule has 0 saturated heterocycles. The fraction of sp³-hybridized carbons (Fsp3) is 0.300. The normalized spacial score (nSPS) is 12.7. The molecule has 0 aliphatic heterocycles. The Bertz CT molecular complexity index is 468. The van der Waals surface area contributed by atoms with Crippen LogP contribution in [0.1, 0.15) is 17.7 Å². The van der Waals surface area contributed by atoms with E-state index in [1.54, 1.807) is 35.6 Å². The molecule has 2 rings (SSSR count). The van der Waals surface area contributed by atoms with Crippen molar-refractivity contribution in [3.8, 4) is 0 Å². The zero-order valence-electron chi connectivity index (χ0n) is 8.96. The topological polar surface area (TPSA) is 43.6 Å². The minimum atomic E-state index is -0.221. The maximum atomic E-state index is 12.7. The van der Waals surface area contributed by atoms with E-state index < -0.39 is 0 Å². The molecule has 4 nitrogen and oxygen atoms in total. The number of benzene rings is 1. The zero-order chi connectivity index (χ0) is 11.5. The second-order valence-electron chi connectivity index (χ2n) is 3.40. The Labute approximate surface area is 96.9 Å². The molecule has 16 heavy (non-hydrogen) atoms. The summed E-state index contributed by atoms with van der Waals surface area (Å²) in [5, 5.41) is 12.1. The first kappa shape index (κ1) is 11.1. The number of tetrazole rings is 1. The molecule has 0 fully saturated rings. The molecule has 2 aromatic rings. The minimum absolute atomic E-state index is 0.185. The quantitative estimate of drug-likeness (QED) is 0.769. The van der Waals surface area contributed by atoms with Crippen LogP contribution in [0.3, 0.4) is 0 Å². The number of aryl methyl sites for hydroxylation is 1. The van der Waals surface area contributed by atoms with Gasteiger partial charge in [-0.05, 0) is 35.0 Å². The molecular weight excluding hydrogens is 227 g/mol. The van der Waals surface area contributed by atoms with Crippen LogP contribution in [0.2, 0.25) is 0 Å². The van der Waals surface area contributed by atoms with E-state index in [0.717, 1.165) is 10.7 Å². The summed E-state index contributed by atoms with van der Waals surface area (Å²) >= 11 is 1.54. The number of thioether (sulfide) groups is 1. The van der Waals surface area contributed by atoms with Crippen LogP contribution in [-0.2, 0) is 7.05 Å². The molecule has 0 spiro atoms. The highest BCUT2D eigenvalue weighted by atomic mass is 32.2. The van der Waals surface area contributed by atoms with E-state index in [0.29, 0.717) is 0 Å². The fourth-order valence-electron chi connectivity index (χ4n) is 1.28. The van der Waals surface area contributed by atoms with Crippen LogP contribution < -0.4 is 0 Å². The first-order valence-corrected chi connectivity index (χ1v) is 5.69. The maximum Gasteiger partial charge on any atom is 0.209 e. The van der Waals surface area contributed by atoms with Gasteiger partial charge >= 0.3 is 0 Å². The van der Waals surface area contributed by atoms with Crippen molar-refractivity contribution < 1.29 is 4.39 Å². The largest absolute Gasteiger partial charge is 0.224 e. The Hall–Kier alpha value is -1.43. The maximum absolute atomic E-state index is 12.7. The van der Waals surface area contributed by atoms with Gasteiger partial charge in [-0.3, -0.25) is 0 Å². The van der Waals surface area contributed by atoms with Gasteiger partial charge in [0.1, 0.15) is 5.82 Å². The van der Waals surface area contributed by atoms with E-state index in [2.05, 4.69) is 15.5 Å². The summed E-state index contributed by atoms with van der Waals surface area (Å²) in [5.41, 5.74) is 1.05. The van der Waals surface area contributed by atoms with Crippen LogP contribution in [-0.4, -0.2) is 20.2 Å². The van der Waals surface area contributed by atoms with Gasteiger partial charge in [0.2, 0.25) is 5.16 Å². The van der Waals surface area contributed by atoms with Gasteiger partial charge in [-0.2, -0.15) is 0 Å².